The van der Waals surface area contributed by atoms with Crippen molar-refractivity contribution < 1.29 is 19.0 Å². The van der Waals surface area contributed by atoms with Gasteiger partial charge < -0.3 is 19.1 Å². The molecule has 1 amide bonds. The quantitative estimate of drug-likeness (QED) is 0.775. The Morgan fingerprint density at radius 3 is 2.11 bits per heavy atom. The predicted octanol–water partition coefficient (Wildman–Crippen LogP) is 2.07. The van der Waals surface area contributed by atoms with Crippen LogP contribution in [0.1, 0.15) is 15.9 Å². The van der Waals surface area contributed by atoms with E-state index < -0.39 is 0 Å². The van der Waals surface area contributed by atoms with Crippen molar-refractivity contribution in [3.8, 4) is 17.2 Å². The van der Waals surface area contributed by atoms with Crippen LogP contribution in [0, 0.1) is 0 Å². The zero-order valence-corrected chi connectivity index (χ0v) is 16.0. The number of pyridine rings is 1. The first-order chi connectivity index (χ1) is 13.2. The molecule has 0 bridgehead atoms. The summed E-state index contributed by atoms with van der Waals surface area (Å²) in [5, 5.41) is 0. The number of methoxy groups -OCH3 is 3. The predicted molar refractivity (Wildman–Crippen MR) is 102 cm³/mol. The van der Waals surface area contributed by atoms with E-state index in [1.54, 1.807) is 45.9 Å². The van der Waals surface area contributed by atoms with E-state index in [1.807, 2.05) is 17.0 Å². The summed E-state index contributed by atoms with van der Waals surface area (Å²) in [6, 6.07) is 7.41. The van der Waals surface area contributed by atoms with Crippen molar-refractivity contribution >= 4 is 5.91 Å². The standard InChI is InChI=1S/C20H25N3O4/c1-25-17-13-19(27-3)18(26-2)12-16(17)20(24)23-10-8-22(9-11-23)14-15-4-6-21-7-5-15/h4-7,12-13H,8-11,14H2,1-3H3. The van der Waals surface area contributed by atoms with Gasteiger partial charge in [0.2, 0.25) is 0 Å². The third-order valence-electron chi connectivity index (χ3n) is 4.75. The molecule has 3 rings (SSSR count). The summed E-state index contributed by atoms with van der Waals surface area (Å²) >= 11 is 0. The molecule has 1 aliphatic heterocycles. The zero-order valence-electron chi connectivity index (χ0n) is 16.0. The van der Waals surface area contributed by atoms with E-state index in [2.05, 4.69) is 9.88 Å². The van der Waals surface area contributed by atoms with Crippen molar-refractivity contribution in [2.45, 2.75) is 6.54 Å². The lowest BCUT2D eigenvalue weighted by molar-refractivity contribution is 0.0625. The SMILES string of the molecule is COc1cc(OC)c(C(=O)N2CCN(Cc3ccncc3)CC2)cc1OC. The third kappa shape index (κ3) is 4.31. The number of carbonyl (C=O) groups excluding carboxylic acids is 1. The number of hydrogen-bond acceptors (Lipinski definition) is 6. The molecule has 27 heavy (non-hydrogen) atoms. The highest BCUT2D eigenvalue weighted by atomic mass is 16.5. The van der Waals surface area contributed by atoms with Crippen LogP contribution in [0.4, 0.5) is 0 Å². The van der Waals surface area contributed by atoms with Crippen LogP contribution in [0.25, 0.3) is 0 Å². The van der Waals surface area contributed by atoms with Gasteiger partial charge in [-0.25, -0.2) is 0 Å². The number of piperazine rings is 1. The first-order valence-electron chi connectivity index (χ1n) is 8.86. The van der Waals surface area contributed by atoms with Crippen molar-refractivity contribution in [1.82, 2.24) is 14.8 Å². The fourth-order valence-electron chi connectivity index (χ4n) is 3.22. The van der Waals surface area contributed by atoms with Crippen LogP contribution in [0.3, 0.4) is 0 Å². The highest BCUT2D eigenvalue weighted by molar-refractivity contribution is 5.98. The smallest absolute Gasteiger partial charge is 0.257 e. The Labute approximate surface area is 159 Å². The summed E-state index contributed by atoms with van der Waals surface area (Å²) in [5.41, 5.74) is 1.71. The lowest BCUT2D eigenvalue weighted by atomic mass is 10.1. The van der Waals surface area contributed by atoms with Crippen molar-refractivity contribution in [2.75, 3.05) is 47.5 Å². The number of carbonyl (C=O) groups is 1. The first-order valence-corrected chi connectivity index (χ1v) is 8.86. The van der Waals surface area contributed by atoms with Crippen LogP contribution >= 0.6 is 0 Å². The minimum Gasteiger partial charge on any atom is -0.496 e. The molecule has 1 aromatic carbocycles. The largest absolute Gasteiger partial charge is 0.496 e. The lowest BCUT2D eigenvalue weighted by Crippen LogP contribution is -2.48. The second-order valence-corrected chi connectivity index (χ2v) is 6.33. The van der Waals surface area contributed by atoms with Gasteiger partial charge in [-0.15, -0.1) is 0 Å². The fraction of sp³-hybridized carbons (Fsp3) is 0.400. The number of amides is 1. The van der Waals surface area contributed by atoms with Gasteiger partial charge in [0.25, 0.3) is 5.91 Å². The van der Waals surface area contributed by atoms with Gasteiger partial charge in [0.15, 0.2) is 11.5 Å². The molecule has 1 aromatic heterocycles. The maximum Gasteiger partial charge on any atom is 0.257 e. The summed E-state index contributed by atoms with van der Waals surface area (Å²) in [5.74, 6) is 1.47. The van der Waals surface area contributed by atoms with Crippen LogP contribution in [-0.4, -0.2) is 68.2 Å². The number of ether oxygens (including phenoxy) is 3. The molecule has 0 spiro atoms. The average molecular weight is 371 g/mol. The van der Waals surface area contributed by atoms with E-state index in [1.165, 1.54) is 5.56 Å². The molecule has 0 aliphatic carbocycles. The van der Waals surface area contributed by atoms with Gasteiger partial charge in [-0.05, 0) is 17.7 Å². The Balaban J connectivity index is 1.68. The molecule has 7 nitrogen and oxygen atoms in total. The summed E-state index contributed by atoms with van der Waals surface area (Å²) in [6.07, 6.45) is 3.61. The van der Waals surface area contributed by atoms with E-state index in [0.717, 1.165) is 19.6 Å². The Morgan fingerprint density at radius 1 is 0.926 bits per heavy atom. The molecule has 1 saturated heterocycles. The van der Waals surface area contributed by atoms with Crippen LogP contribution < -0.4 is 14.2 Å². The van der Waals surface area contributed by atoms with Crippen LogP contribution in [0.15, 0.2) is 36.7 Å². The zero-order chi connectivity index (χ0) is 19.2. The number of hydrogen-bond donors (Lipinski definition) is 0. The normalized spacial score (nSPS) is 14.7. The van der Waals surface area contributed by atoms with Crippen molar-refractivity contribution in [1.29, 1.82) is 0 Å². The Kier molecular flexibility index (Phi) is 6.13. The molecule has 2 heterocycles. The Bertz CT molecular complexity index is 774. The van der Waals surface area contributed by atoms with Crippen molar-refractivity contribution in [3.05, 3.63) is 47.8 Å². The highest BCUT2D eigenvalue weighted by Gasteiger charge is 2.26. The fourth-order valence-corrected chi connectivity index (χ4v) is 3.22. The van der Waals surface area contributed by atoms with Gasteiger partial charge >= 0.3 is 0 Å². The molecular weight excluding hydrogens is 346 g/mol. The highest BCUT2D eigenvalue weighted by Crippen LogP contribution is 2.35. The minimum atomic E-state index is -0.0589. The molecule has 1 aliphatic rings. The first kappa shape index (κ1) is 19.0. The van der Waals surface area contributed by atoms with Gasteiger partial charge in [-0.3, -0.25) is 14.7 Å². The van der Waals surface area contributed by atoms with Crippen molar-refractivity contribution in [3.63, 3.8) is 0 Å². The Hall–Kier alpha value is -2.80. The van der Waals surface area contributed by atoms with Gasteiger partial charge in [-0.1, -0.05) is 0 Å². The minimum absolute atomic E-state index is 0.0589. The van der Waals surface area contributed by atoms with Crippen LogP contribution in [-0.2, 0) is 6.54 Å². The molecule has 2 aromatic rings. The molecule has 0 unspecified atom stereocenters. The Morgan fingerprint density at radius 2 is 1.52 bits per heavy atom. The molecular formula is C20H25N3O4. The summed E-state index contributed by atoms with van der Waals surface area (Å²) < 4.78 is 16.0. The summed E-state index contributed by atoms with van der Waals surface area (Å²) in [4.78, 5) is 21.3. The molecule has 0 N–H and O–H groups in total. The second-order valence-electron chi connectivity index (χ2n) is 6.33. The lowest BCUT2D eigenvalue weighted by Gasteiger charge is -2.35. The van der Waals surface area contributed by atoms with Crippen LogP contribution in [0.2, 0.25) is 0 Å². The second kappa shape index (κ2) is 8.73. The number of rotatable bonds is 6. The van der Waals surface area contributed by atoms with E-state index in [0.29, 0.717) is 35.9 Å². The summed E-state index contributed by atoms with van der Waals surface area (Å²) in [6.45, 7) is 3.85. The number of aromatic nitrogens is 1. The average Bonchev–Trinajstić information content (AvgIpc) is 2.73. The molecule has 0 radical (unpaired) electrons. The molecule has 0 atom stereocenters. The topological polar surface area (TPSA) is 64.1 Å². The van der Waals surface area contributed by atoms with E-state index in [-0.39, 0.29) is 5.91 Å². The molecule has 7 heteroatoms. The van der Waals surface area contributed by atoms with Gasteiger partial charge in [0, 0.05) is 57.3 Å². The van der Waals surface area contributed by atoms with E-state index in [9.17, 15) is 4.79 Å². The summed E-state index contributed by atoms with van der Waals surface area (Å²) in [7, 11) is 4.65. The van der Waals surface area contributed by atoms with Gasteiger partial charge in [-0.2, -0.15) is 0 Å². The molecule has 144 valence electrons. The monoisotopic (exact) mass is 371 g/mol. The molecule has 0 saturated carbocycles. The number of nitrogens with zero attached hydrogens (tertiary/aromatic N) is 3. The maximum atomic E-state index is 13.0. The van der Waals surface area contributed by atoms with E-state index >= 15 is 0 Å². The number of benzene rings is 1. The van der Waals surface area contributed by atoms with E-state index in [4.69, 9.17) is 14.2 Å². The third-order valence-corrected chi connectivity index (χ3v) is 4.75. The van der Waals surface area contributed by atoms with Crippen LogP contribution in [0.5, 0.6) is 17.2 Å². The van der Waals surface area contributed by atoms with Crippen molar-refractivity contribution in [2.24, 2.45) is 0 Å². The van der Waals surface area contributed by atoms with Gasteiger partial charge in [0.05, 0.1) is 26.9 Å². The maximum absolute atomic E-state index is 13.0. The molecule has 1 fully saturated rings. The van der Waals surface area contributed by atoms with Gasteiger partial charge in [0.1, 0.15) is 5.75 Å².